The fourth-order valence-electron chi connectivity index (χ4n) is 4.02. The summed E-state index contributed by atoms with van der Waals surface area (Å²) in [6.45, 7) is 2.20. The molecule has 0 N–H and O–H groups in total. The van der Waals surface area contributed by atoms with Crippen LogP contribution in [-0.2, 0) is 0 Å². The third-order valence-corrected chi connectivity index (χ3v) is 5.44. The number of rotatable bonds is 2. The van der Waals surface area contributed by atoms with E-state index in [0.717, 1.165) is 7.28 Å². The molecule has 1 heteroatoms. The van der Waals surface area contributed by atoms with Crippen LogP contribution < -0.4 is 5.46 Å². The second-order valence-electron chi connectivity index (χ2n) is 6.90. The lowest BCUT2D eigenvalue weighted by Gasteiger charge is -2.12. The minimum Gasteiger partial charge on any atom is -0.0849 e. The standard InChI is InChI=1S/C25H19B/c1-26-19-13-10-17(11-14-19)18-12-15-24-22-8-3-2-6-20(22)21-7-4-5-9-23(21)25(24)16-18/h2-16,26H,1H3. The highest BCUT2D eigenvalue weighted by molar-refractivity contribution is 6.51. The molecule has 0 amide bonds. The van der Waals surface area contributed by atoms with Gasteiger partial charge in [-0.15, -0.1) is 0 Å². The molecule has 0 atom stereocenters. The summed E-state index contributed by atoms with van der Waals surface area (Å²) in [5.41, 5.74) is 3.94. The molecule has 0 saturated carbocycles. The molecule has 0 aliphatic heterocycles. The molecule has 0 unspecified atom stereocenters. The van der Waals surface area contributed by atoms with E-state index in [0.29, 0.717) is 0 Å². The molecule has 26 heavy (non-hydrogen) atoms. The molecule has 0 saturated heterocycles. The Balaban J connectivity index is 1.85. The average Bonchev–Trinajstić information content (AvgIpc) is 2.74. The van der Waals surface area contributed by atoms with Gasteiger partial charge in [0.05, 0.1) is 0 Å². The number of hydrogen-bond donors (Lipinski definition) is 0. The van der Waals surface area contributed by atoms with Crippen molar-refractivity contribution in [2.24, 2.45) is 0 Å². The molecule has 0 bridgehead atoms. The highest BCUT2D eigenvalue weighted by atomic mass is 14.1. The first-order valence-corrected chi connectivity index (χ1v) is 9.27. The summed E-state index contributed by atoms with van der Waals surface area (Å²) in [5.74, 6) is 0. The van der Waals surface area contributed by atoms with E-state index in [-0.39, 0.29) is 0 Å². The Morgan fingerprint density at radius 1 is 0.462 bits per heavy atom. The number of benzene rings is 5. The predicted octanol–water partition coefficient (Wildman–Crippen LogP) is 5.92. The fourth-order valence-corrected chi connectivity index (χ4v) is 4.02. The molecule has 122 valence electrons. The molecule has 5 aromatic carbocycles. The van der Waals surface area contributed by atoms with Crippen molar-refractivity contribution in [2.45, 2.75) is 6.82 Å². The van der Waals surface area contributed by atoms with Gasteiger partial charge in [0.1, 0.15) is 0 Å². The summed E-state index contributed by atoms with van der Waals surface area (Å²) in [5, 5.41) is 7.97. The van der Waals surface area contributed by atoms with Gasteiger partial charge in [-0.3, -0.25) is 0 Å². The molecule has 5 aromatic rings. The maximum Gasteiger partial charge on any atom is 0.154 e. The zero-order valence-corrected chi connectivity index (χ0v) is 14.9. The maximum absolute atomic E-state index is 2.35. The zero-order chi connectivity index (χ0) is 17.5. The van der Waals surface area contributed by atoms with Crippen molar-refractivity contribution in [3.63, 3.8) is 0 Å². The highest BCUT2D eigenvalue weighted by Gasteiger charge is 2.09. The molecule has 0 radical (unpaired) electrons. The molecule has 0 aliphatic rings. The van der Waals surface area contributed by atoms with Crippen molar-refractivity contribution in [3.8, 4) is 11.1 Å². The fraction of sp³-hybridized carbons (Fsp3) is 0.0400. The van der Waals surface area contributed by atoms with E-state index in [1.807, 2.05) is 0 Å². The Kier molecular flexibility index (Phi) is 3.53. The van der Waals surface area contributed by atoms with Crippen LogP contribution in [0, 0.1) is 0 Å². The Morgan fingerprint density at radius 3 is 1.46 bits per heavy atom. The number of hydrogen-bond acceptors (Lipinski definition) is 0. The van der Waals surface area contributed by atoms with Crippen LogP contribution in [0.25, 0.3) is 43.4 Å². The zero-order valence-electron chi connectivity index (χ0n) is 14.9. The minimum atomic E-state index is 1.08. The summed E-state index contributed by atoms with van der Waals surface area (Å²) < 4.78 is 0. The monoisotopic (exact) mass is 330 g/mol. The van der Waals surface area contributed by atoms with Gasteiger partial charge in [0, 0.05) is 0 Å². The van der Waals surface area contributed by atoms with Crippen molar-refractivity contribution in [3.05, 3.63) is 91.0 Å². The largest absolute Gasteiger partial charge is 0.154 e. The maximum atomic E-state index is 2.35. The van der Waals surface area contributed by atoms with Crippen LogP contribution in [0.4, 0.5) is 0 Å². The lowest BCUT2D eigenvalue weighted by Crippen LogP contribution is -2.08. The molecule has 0 spiro atoms. The van der Waals surface area contributed by atoms with Crippen molar-refractivity contribution in [1.82, 2.24) is 0 Å². The summed E-state index contributed by atoms with van der Waals surface area (Å²) in [6.07, 6.45) is 0. The summed E-state index contributed by atoms with van der Waals surface area (Å²) >= 11 is 0. The second kappa shape index (κ2) is 6.03. The van der Waals surface area contributed by atoms with E-state index in [1.165, 1.54) is 48.9 Å². The average molecular weight is 330 g/mol. The van der Waals surface area contributed by atoms with Crippen molar-refractivity contribution in [1.29, 1.82) is 0 Å². The first-order valence-electron chi connectivity index (χ1n) is 9.27. The van der Waals surface area contributed by atoms with Gasteiger partial charge in [-0.25, -0.2) is 0 Å². The quantitative estimate of drug-likeness (QED) is 0.278. The smallest absolute Gasteiger partial charge is 0.0849 e. The van der Waals surface area contributed by atoms with Gasteiger partial charge in [-0.1, -0.05) is 97.2 Å². The number of fused-ring (bicyclic) bond motifs is 6. The van der Waals surface area contributed by atoms with Gasteiger partial charge in [0.25, 0.3) is 0 Å². The van der Waals surface area contributed by atoms with Gasteiger partial charge in [0.2, 0.25) is 0 Å². The van der Waals surface area contributed by atoms with Crippen LogP contribution in [0.5, 0.6) is 0 Å². The van der Waals surface area contributed by atoms with Crippen LogP contribution in [0.3, 0.4) is 0 Å². The van der Waals surface area contributed by atoms with Crippen LogP contribution in [0.2, 0.25) is 6.82 Å². The normalized spacial score (nSPS) is 11.3. The van der Waals surface area contributed by atoms with Crippen molar-refractivity contribution >= 4 is 45.1 Å². The first-order chi connectivity index (χ1) is 12.8. The molecule has 0 aromatic heterocycles. The Labute approximate surface area is 154 Å². The molecule has 0 fully saturated rings. The van der Waals surface area contributed by atoms with Crippen molar-refractivity contribution in [2.75, 3.05) is 0 Å². The Hall–Kier alpha value is -3.06. The third kappa shape index (κ3) is 2.32. The molecule has 0 aliphatic carbocycles. The molecular weight excluding hydrogens is 311 g/mol. The van der Waals surface area contributed by atoms with Crippen LogP contribution >= 0.6 is 0 Å². The molecule has 5 rings (SSSR count). The lowest BCUT2D eigenvalue weighted by molar-refractivity contribution is 1.67. The van der Waals surface area contributed by atoms with Crippen LogP contribution in [-0.4, -0.2) is 7.28 Å². The van der Waals surface area contributed by atoms with Gasteiger partial charge in [-0.2, -0.15) is 0 Å². The summed E-state index contributed by atoms with van der Waals surface area (Å²) in [6, 6.07) is 33.3. The van der Waals surface area contributed by atoms with E-state index >= 15 is 0 Å². The second-order valence-corrected chi connectivity index (χ2v) is 6.90. The van der Waals surface area contributed by atoms with Gasteiger partial charge in [0.15, 0.2) is 7.28 Å². The topological polar surface area (TPSA) is 0 Å². The Bertz CT molecular complexity index is 1210. The highest BCUT2D eigenvalue weighted by Crippen LogP contribution is 2.36. The predicted molar refractivity (Wildman–Crippen MR) is 117 cm³/mol. The van der Waals surface area contributed by atoms with Crippen LogP contribution in [0.15, 0.2) is 91.0 Å². The minimum absolute atomic E-state index is 1.08. The van der Waals surface area contributed by atoms with E-state index < -0.39 is 0 Å². The SMILES string of the molecule is CBc1ccc(-c2ccc3c4ccccc4c4ccccc4c3c2)cc1. The Morgan fingerprint density at radius 2 is 0.923 bits per heavy atom. The van der Waals surface area contributed by atoms with E-state index in [4.69, 9.17) is 0 Å². The van der Waals surface area contributed by atoms with Crippen LogP contribution in [0.1, 0.15) is 0 Å². The van der Waals surface area contributed by atoms with E-state index in [2.05, 4.69) is 97.8 Å². The third-order valence-electron chi connectivity index (χ3n) is 5.44. The first kappa shape index (κ1) is 15.2. The van der Waals surface area contributed by atoms with Gasteiger partial charge < -0.3 is 0 Å². The van der Waals surface area contributed by atoms with Crippen molar-refractivity contribution < 1.29 is 0 Å². The van der Waals surface area contributed by atoms with Gasteiger partial charge >= 0.3 is 0 Å². The molecular formula is C25H19B. The lowest BCUT2D eigenvalue weighted by atomic mass is 9.73. The summed E-state index contributed by atoms with van der Waals surface area (Å²) in [4.78, 5) is 0. The van der Waals surface area contributed by atoms with Gasteiger partial charge in [-0.05, 0) is 49.5 Å². The van der Waals surface area contributed by atoms with E-state index in [9.17, 15) is 0 Å². The molecule has 0 nitrogen and oxygen atoms in total. The van der Waals surface area contributed by atoms with E-state index in [1.54, 1.807) is 0 Å². The molecule has 0 heterocycles. The summed E-state index contributed by atoms with van der Waals surface area (Å²) in [7, 11) is 1.08.